The van der Waals surface area contributed by atoms with Gasteiger partial charge in [-0.15, -0.1) is 0 Å². The number of allylic oxidation sites excluding steroid dienone is 1. The molecule has 0 saturated carbocycles. The van der Waals surface area contributed by atoms with E-state index in [0.717, 1.165) is 5.69 Å². The molecule has 0 radical (unpaired) electrons. The highest BCUT2D eigenvalue weighted by Crippen LogP contribution is 2.02. The molecule has 0 aliphatic carbocycles. The fourth-order valence-electron chi connectivity index (χ4n) is 0.892. The van der Waals surface area contributed by atoms with E-state index in [1.54, 1.807) is 13.0 Å². The molecule has 2 N–H and O–H groups in total. The molecule has 1 heterocycles. The summed E-state index contributed by atoms with van der Waals surface area (Å²) in [6, 6.07) is 1.82. The topological polar surface area (TPSA) is 48.9 Å². The van der Waals surface area contributed by atoms with Crippen molar-refractivity contribution in [2.75, 3.05) is 0 Å². The van der Waals surface area contributed by atoms with Crippen LogP contribution in [0.3, 0.4) is 0 Å². The summed E-state index contributed by atoms with van der Waals surface area (Å²) in [6.07, 6.45) is 1.57. The molecule has 0 amide bonds. The number of rotatable bonds is 1. The number of aliphatic hydroxyl groups is 1. The molecular formula is C8H10N2OS. The van der Waals surface area contributed by atoms with Crippen molar-refractivity contribution in [1.29, 1.82) is 0 Å². The van der Waals surface area contributed by atoms with Gasteiger partial charge in [0.2, 0.25) is 0 Å². The first-order valence-corrected chi connectivity index (χ1v) is 3.94. The average molecular weight is 182 g/mol. The van der Waals surface area contributed by atoms with E-state index in [0.29, 0.717) is 10.5 Å². The average Bonchev–Trinajstić information content (AvgIpc) is 1.81. The van der Waals surface area contributed by atoms with Crippen LogP contribution in [0, 0.1) is 11.7 Å². The SMILES string of the molecule is C/C(O)=C\c1cc(C)[nH]c(=S)n1. The Morgan fingerprint density at radius 2 is 2.42 bits per heavy atom. The standard InChI is InChI=1S/C8H10N2OS/c1-5-3-7(4-6(2)11)10-8(12)9-5/h3-4,11H,1-2H3,(H,9,10,12)/b6-4+. The Balaban J connectivity index is 3.18. The lowest BCUT2D eigenvalue weighted by molar-refractivity contribution is 0.419. The normalized spacial score (nSPS) is 11.7. The Kier molecular flexibility index (Phi) is 2.60. The zero-order valence-corrected chi connectivity index (χ0v) is 7.77. The predicted molar refractivity (Wildman–Crippen MR) is 50.4 cm³/mol. The van der Waals surface area contributed by atoms with Gasteiger partial charge >= 0.3 is 0 Å². The summed E-state index contributed by atoms with van der Waals surface area (Å²) in [5.74, 6) is 0.225. The number of H-pyrrole nitrogens is 1. The van der Waals surface area contributed by atoms with Crippen LogP contribution >= 0.6 is 12.2 Å². The monoisotopic (exact) mass is 182 g/mol. The molecule has 1 rings (SSSR count). The lowest BCUT2D eigenvalue weighted by Crippen LogP contribution is -1.89. The van der Waals surface area contributed by atoms with Gasteiger partial charge in [0, 0.05) is 11.8 Å². The Morgan fingerprint density at radius 3 is 2.92 bits per heavy atom. The highest BCUT2D eigenvalue weighted by atomic mass is 32.1. The van der Waals surface area contributed by atoms with Crippen molar-refractivity contribution in [2.45, 2.75) is 13.8 Å². The molecular weight excluding hydrogens is 172 g/mol. The summed E-state index contributed by atoms with van der Waals surface area (Å²) in [5.41, 5.74) is 1.61. The van der Waals surface area contributed by atoms with Gasteiger partial charge in [-0.3, -0.25) is 0 Å². The van der Waals surface area contributed by atoms with Crippen LogP contribution in [0.1, 0.15) is 18.3 Å². The van der Waals surface area contributed by atoms with E-state index in [4.69, 9.17) is 17.3 Å². The summed E-state index contributed by atoms with van der Waals surface area (Å²) < 4.78 is 0.433. The van der Waals surface area contributed by atoms with Crippen LogP contribution in [0.25, 0.3) is 6.08 Å². The first-order chi connectivity index (χ1) is 5.58. The minimum absolute atomic E-state index is 0.225. The lowest BCUT2D eigenvalue weighted by atomic mass is 10.3. The first-order valence-electron chi connectivity index (χ1n) is 3.53. The van der Waals surface area contributed by atoms with Crippen LogP contribution in [0.4, 0.5) is 0 Å². The molecule has 0 aliphatic heterocycles. The number of hydrogen-bond acceptors (Lipinski definition) is 3. The van der Waals surface area contributed by atoms with Crippen molar-refractivity contribution < 1.29 is 5.11 Å². The minimum atomic E-state index is 0.225. The minimum Gasteiger partial charge on any atom is -0.513 e. The maximum atomic E-state index is 8.96. The fraction of sp³-hybridized carbons (Fsp3) is 0.250. The van der Waals surface area contributed by atoms with Crippen LogP contribution < -0.4 is 0 Å². The molecule has 64 valence electrons. The number of aromatic amines is 1. The maximum Gasteiger partial charge on any atom is 0.197 e. The number of hydrogen-bond donors (Lipinski definition) is 2. The van der Waals surface area contributed by atoms with Gasteiger partial charge in [-0.1, -0.05) is 0 Å². The van der Waals surface area contributed by atoms with Crippen molar-refractivity contribution in [2.24, 2.45) is 0 Å². The van der Waals surface area contributed by atoms with Gasteiger partial charge in [0.15, 0.2) is 4.77 Å². The van der Waals surface area contributed by atoms with E-state index in [1.165, 1.54) is 0 Å². The molecule has 3 nitrogen and oxygen atoms in total. The molecule has 0 fully saturated rings. The number of aryl methyl sites for hydroxylation is 1. The number of aromatic nitrogens is 2. The number of nitrogens with zero attached hydrogens (tertiary/aromatic N) is 1. The van der Waals surface area contributed by atoms with Gasteiger partial charge < -0.3 is 10.1 Å². The third-order valence-corrected chi connectivity index (χ3v) is 1.45. The third-order valence-electron chi connectivity index (χ3n) is 1.26. The number of aliphatic hydroxyl groups excluding tert-OH is 1. The molecule has 0 saturated heterocycles. The molecule has 0 aromatic carbocycles. The summed E-state index contributed by atoms with van der Waals surface area (Å²) in [5, 5.41) is 8.96. The van der Waals surface area contributed by atoms with E-state index >= 15 is 0 Å². The van der Waals surface area contributed by atoms with Crippen molar-refractivity contribution >= 4 is 18.3 Å². The number of nitrogens with one attached hydrogen (secondary N) is 1. The summed E-state index contributed by atoms with van der Waals surface area (Å²) in [4.78, 5) is 6.87. The molecule has 0 spiro atoms. The molecule has 0 unspecified atom stereocenters. The third kappa shape index (κ3) is 2.47. The second kappa shape index (κ2) is 3.49. The zero-order chi connectivity index (χ0) is 9.14. The van der Waals surface area contributed by atoms with Crippen LogP contribution in [0.2, 0.25) is 0 Å². The molecule has 1 aromatic rings. The van der Waals surface area contributed by atoms with E-state index in [2.05, 4.69) is 9.97 Å². The predicted octanol–water partition coefficient (Wildman–Crippen LogP) is 2.37. The van der Waals surface area contributed by atoms with Crippen LogP contribution in [0.15, 0.2) is 11.8 Å². The quantitative estimate of drug-likeness (QED) is 0.518. The van der Waals surface area contributed by atoms with Gasteiger partial charge in [0.25, 0.3) is 0 Å². The second-order valence-corrected chi connectivity index (χ2v) is 2.97. The highest BCUT2D eigenvalue weighted by Gasteiger charge is 1.92. The van der Waals surface area contributed by atoms with Crippen molar-refractivity contribution in [3.8, 4) is 0 Å². The van der Waals surface area contributed by atoms with Gasteiger partial charge in [0.1, 0.15) is 0 Å². The molecule has 1 aromatic heterocycles. The Hall–Kier alpha value is -1.16. The van der Waals surface area contributed by atoms with Gasteiger partial charge in [-0.05, 0) is 32.1 Å². The molecule has 0 bridgehead atoms. The van der Waals surface area contributed by atoms with E-state index in [-0.39, 0.29) is 5.76 Å². The Labute approximate surface area is 75.8 Å². The highest BCUT2D eigenvalue weighted by molar-refractivity contribution is 7.71. The largest absolute Gasteiger partial charge is 0.513 e. The van der Waals surface area contributed by atoms with Crippen LogP contribution in [0.5, 0.6) is 0 Å². The Bertz CT molecular complexity index is 364. The van der Waals surface area contributed by atoms with E-state index in [9.17, 15) is 0 Å². The molecule has 4 heteroatoms. The fourth-order valence-corrected chi connectivity index (χ4v) is 1.16. The van der Waals surface area contributed by atoms with Gasteiger partial charge in [-0.2, -0.15) is 0 Å². The second-order valence-electron chi connectivity index (χ2n) is 2.58. The van der Waals surface area contributed by atoms with Crippen LogP contribution in [-0.2, 0) is 0 Å². The maximum absolute atomic E-state index is 8.96. The summed E-state index contributed by atoms with van der Waals surface area (Å²) in [7, 11) is 0. The molecule has 12 heavy (non-hydrogen) atoms. The van der Waals surface area contributed by atoms with E-state index < -0.39 is 0 Å². The van der Waals surface area contributed by atoms with Gasteiger partial charge in [0.05, 0.1) is 11.5 Å². The summed E-state index contributed by atoms with van der Waals surface area (Å²) in [6.45, 7) is 3.48. The van der Waals surface area contributed by atoms with Gasteiger partial charge in [-0.25, -0.2) is 4.98 Å². The van der Waals surface area contributed by atoms with E-state index in [1.807, 2.05) is 13.0 Å². The smallest absolute Gasteiger partial charge is 0.197 e. The zero-order valence-electron chi connectivity index (χ0n) is 6.96. The van der Waals surface area contributed by atoms with Crippen molar-refractivity contribution in [3.05, 3.63) is 28.0 Å². The molecule has 0 atom stereocenters. The Morgan fingerprint density at radius 1 is 1.75 bits per heavy atom. The summed E-state index contributed by atoms with van der Waals surface area (Å²) >= 11 is 4.86. The first kappa shape index (κ1) is 8.93. The van der Waals surface area contributed by atoms with Crippen LogP contribution in [-0.4, -0.2) is 15.1 Å². The van der Waals surface area contributed by atoms with Crippen molar-refractivity contribution in [1.82, 2.24) is 9.97 Å². The van der Waals surface area contributed by atoms with Crippen molar-refractivity contribution in [3.63, 3.8) is 0 Å². The molecule has 0 aliphatic rings. The lowest BCUT2D eigenvalue weighted by Gasteiger charge is -1.96.